The Kier molecular flexibility index (Phi) is 4.08. The summed E-state index contributed by atoms with van der Waals surface area (Å²) >= 11 is 0. The summed E-state index contributed by atoms with van der Waals surface area (Å²) in [5, 5.41) is 5.07. The number of nitrogens with two attached hydrogens (primary N) is 1. The minimum atomic E-state index is -0.445. The molecule has 1 heterocycles. The molecule has 3 N–H and O–H groups in total. The van der Waals surface area contributed by atoms with Crippen LogP contribution < -0.4 is 11.1 Å². The number of fused-ring (bicyclic) bond motifs is 1. The van der Waals surface area contributed by atoms with Gasteiger partial charge in [-0.25, -0.2) is 9.78 Å². The van der Waals surface area contributed by atoms with E-state index in [0.717, 1.165) is 10.8 Å². The van der Waals surface area contributed by atoms with E-state index in [4.69, 9.17) is 10.5 Å². The quantitative estimate of drug-likeness (QED) is 0.661. The van der Waals surface area contributed by atoms with Crippen molar-refractivity contribution in [1.29, 1.82) is 0 Å². The summed E-state index contributed by atoms with van der Waals surface area (Å²) in [5.74, 6) is 0.419. The number of aromatic nitrogens is 1. The molecule has 0 fully saturated rings. The first-order chi connectivity index (χ1) is 9.52. The minimum absolute atomic E-state index is 0.0839. The molecule has 106 valence electrons. The number of nitrogens with zero attached hydrogens (tertiary/aromatic N) is 1. The van der Waals surface area contributed by atoms with Gasteiger partial charge in [0.25, 0.3) is 0 Å². The number of hydrogen-bond acceptors (Lipinski definition) is 5. The molecule has 1 aromatic heterocycles. The Morgan fingerprint density at radius 1 is 1.35 bits per heavy atom. The van der Waals surface area contributed by atoms with Gasteiger partial charge in [-0.15, -0.1) is 0 Å². The van der Waals surface area contributed by atoms with Crippen LogP contribution in [0.2, 0.25) is 0 Å². The lowest BCUT2D eigenvalue weighted by Crippen LogP contribution is -2.35. The fourth-order valence-corrected chi connectivity index (χ4v) is 2.07. The largest absolute Gasteiger partial charge is 0.467 e. The first-order valence-electron chi connectivity index (χ1n) is 6.51. The molecule has 0 saturated heterocycles. The minimum Gasteiger partial charge on any atom is -0.467 e. The van der Waals surface area contributed by atoms with E-state index >= 15 is 0 Å². The number of esters is 1. The molecule has 0 aliphatic carbocycles. The van der Waals surface area contributed by atoms with Crippen molar-refractivity contribution < 1.29 is 9.53 Å². The van der Waals surface area contributed by atoms with Gasteiger partial charge in [0.05, 0.1) is 7.11 Å². The first kappa shape index (κ1) is 14.1. The molecule has 2 rings (SSSR count). The van der Waals surface area contributed by atoms with Gasteiger partial charge >= 0.3 is 5.97 Å². The molecular formula is C15H19N3O2. The van der Waals surface area contributed by atoms with Gasteiger partial charge in [-0.05, 0) is 29.5 Å². The van der Waals surface area contributed by atoms with Crippen molar-refractivity contribution in [2.24, 2.45) is 5.92 Å². The lowest BCUT2D eigenvalue weighted by atomic mass is 10.0. The zero-order chi connectivity index (χ0) is 14.7. The fourth-order valence-electron chi connectivity index (χ4n) is 2.07. The van der Waals surface area contributed by atoms with Crippen LogP contribution in [0.15, 0.2) is 30.5 Å². The Bertz CT molecular complexity index is 626. The molecule has 0 bridgehead atoms. The van der Waals surface area contributed by atoms with E-state index in [1.807, 2.05) is 38.1 Å². The highest BCUT2D eigenvalue weighted by Gasteiger charge is 2.23. The molecule has 0 spiro atoms. The predicted molar refractivity (Wildman–Crippen MR) is 80.4 cm³/mol. The lowest BCUT2D eigenvalue weighted by molar-refractivity contribution is -0.142. The van der Waals surface area contributed by atoms with Gasteiger partial charge in [0.15, 0.2) is 0 Å². The lowest BCUT2D eigenvalue weighted by Gasteiger charge is -2.21. The van der Waals surface area contributed by atoms with Crippen LogP contribution in [0.25, 0.3) is 10.8 Å². The maximum Gasteiger partial charge on any atom is 0.328 e. The molecule has 0 saturated carbocycles. The zero-order valence-corrected chi connectivity index (χ0v) is 11.9. The van der Waals surface area contributed by atoms with Crippen molar-refractivity contribution in [1.82, 2.24) is 4.98 Å². The average Bonchev–Trinajstić information content (AvgIpc) is 2.43. The summed E-state index contributed by atoms with van der Waals surface area (Å²) in [6.07, 6.45) is 1.70. The highest BCUT2D eigenvalue weighted by molar-refractivity contribution is 5.95. The molecular weight excluding hydrogens is 254 g/mol. The van der Waals surface area contributed by atoms with Gasteiger partial charge in [-0.1, -0.05) is 19.9 Å². The van der Waals surface area contributed by atoms with E-state index in [0.29, 0.717) is 11.5 Å². The molecule has 20 heavy (non-hydrogen) atoms. The highest BCUT2D eigenvalue weighted by Crippen LogP contribution is 2.25. The third-order valence-electron chi connectivity index (χ3n) is 3.20. The number of ether oxygens (including phenoxy) is 1. The van der Waals surface area contributed by atoms with Gasteiger partial charge < -0.3 is 15.8 Å². The van der Waals surface area contributed by atoms with Gasteiger partial charge in [0.1, 0.15) is 11.9 Å². The van der Waals surface area contributed by atoms with E-state index in [2.05, 4.69) is 10.3 Å². The third-order valence-corrected chi connectivity index (χ3v) is 3.20. The number of rotatable bonds is 4. The molecule has 5 nitrogen and oxygen atoms in total. The second-order valence-electron chi connectivity index (χ2n) is 5.03. The van der Waals surface area contributed by atoms with Crippen molar-refractivity contribution in [3.05, 3.63) is 30.5 Å². The summed E-state index contributed by atoms with van der Waals surface area (Å²) in [6, 6.07) is 7.08. The molecule has 1 atom stereocenters. The Hall–Kier alpha value is -2.30. The number of hydrogen-bond donors (Lipinski definition) is 2. The van der Waals surface area contributed by atoms with Crippen molar-refractivity contribution in [2.45, 2.75) is 19.9 Å². The maximum absolute atomic E-state index is 11.8. The van der Waals surface area contributed by atoms with Gasteiger partial charge in [0.2, 0.25) is 0 Å². The summed E-state index contributed by atoms with van der Waals surface area (Å²) in [6.45, 7) is 3.90. The third kappa shape index (κ3) is 2.82. The van der Waals surface area contributed by atoms with E-state index in [-0.39, 0.29) is 11.9 Å². The summed E-state index contributed by atoms with van der Waals surface area (Å²) < 4.78 is 4.83. The smallest absolute Gasteiger partial charge is 0.328 e. The number of methoxy groups -OCH3 is 1. The molecule has 0 aliphatic heterocycles. The first-order valence-corrected chi connectivity index (χ1v) is 6.51. The van der Waals surface area contributed by atoms with Crippen LogP contribution in [0, 0.1) is 5.92 Å². The molecule has 5 heteroatoms. The second-order valence-corrected chi connectivity index (χ2v) is 5.03. The van der Waals surface area contributed by atoms with Crippen LogP contribution in [-0.2, 0) is 9.53 Å². The highest BCUT2D eigenvalue weighted by atomic mass is 16.5. The summed E-state index contributed by atoms with van der Waals surface area (Å²) in [7, 11) is 1.38. The Morgan fingerprint density at radius 3 is 2.75 bits per heavy atom. The molecule has 0 aliphatic rings. The monoisotopic (exact) mass is 273 g/mol. The number of pyridine rings is 1. The van der Waals surface area contributed by atoms with Crippen molar-refractivity contribution in [3.8, 4) is 0 Å². The van der Waals surface area contributed by atoms with E-state index < -0.39 is 6.04 Å². The average molecular weight is 273 g/mol. The number of anilines is 2. The molecule has 1 unspecified atom stereocenters. The normalized spacial score (nSPS) is 12.4. The van der Waals surface area contributed by atoms with E-state index in [1.165, 1.54) is 7.11 Å². The van der Waals surface area contributed by atoms with Crippen molar-refractivity contribution in [2.75, 3.05) is 18.2 Å². The number of carbonyl (C=O) groups is 1. The van der Waals surface area contributed by atoms with Crippen LogP contribution in [-0.4, -0.2) is 24.1 Å². The topological polar surface area (TPSA) is 77.2 Å². The van der Waals surface area contributed by atoms with Gasteiger partial charge in [0, 0.05) is 17.3 Å². The molecule has 0 radical (unpaired) electrons. The summed E-state index contributed by atoms with van der Waals surface area (Å²) in [4.78, 5) is 16.1. The summed E-state index contributed by atoms with van der Waals surface area (Å²) in [5.41, 5.74) is 6.48. The van der Waals surface area contributed by atoms with Crippen LogP contribution in [0.4, 0.5) is 11.5 Å². The Labute approximate surface area is 118 Å². The molecule has 0 amide bonds. The number of nitrogens with one attached hydrogen (secondary N) is 1. The SMILES string of the molecule is COC(=O)C(Nc1nccc2ccc(N)cc12)C(C)C. The van der Waals surface area contributed by atoms with Crippen molar-refractivity contribution in [3.63, 3.8) is 0 Å². The van der Waals surface area contributed by atoms with Crippen LogP contribution in [0.3, 0.4) is 0 Å². The standard InChI is InChI=1S/C15H19N3O2/c1-9(2)13(15(19)20-3)18-14-12-8-11(16)5-4-10(12)6-7-17-14/h4-9,13H,16H2,1-3H3,(H,17,18). The fraction of sp³-hybridized carbons (Fsp3) is 0.333. The van der Waals surface area contributed by atoms with Gasteiger partial charge in [-0.2, -0.15) is 0 Å². The number of carbonyl (C=O) groups excluding carboxylic acids is 1. The number of benzene rings is 1. The maximum atomic E-state index is 11.8. The molecule has 2 aromatic rings. The van der Waals surface area contributed by atoms with E-state index in [9.17, 15) is 4.79 Å². The van der Waals surface area contributed by atoms with Crippen LogP contribution >= 0.6 is 0 Å². The van der Waals surface area contributed by atoms with Crippen LogP contribution in [0.5, 0.6) is 0 Å². The van der Waals surface area contributed by atoms with E-state index in [1.54, 1.807) is 6.20 Å². The number of nitrogen functional groups attached to an aromatic ring is 1. The zero-order valence-electron chi connectivity index (χ0n) is 11.9. The Balaban J connectivity index is 2.42. The van der Waals surface area contributed by atoms with Crippen molar-refractivity contribution >= 4 is 28.2 Å². The van der Waals surface area contributed by atoms with Gasteiger partial charge in [-0.3, -0.25) is 0 Å². The van der Waals surface area contributed by atoms with Crippen LogP contribution in [0.1, 0.15) is 13.8 Å². The predicted octanol–water partition coefficient (Wildman–Crippen LogP) is 2.43. The Morgan fingerprint density at radius 2 is 2.10 bits per heavy atom. The second kappa shape index (κ2) is 5.77. The molecule has 1 aromatic carbocycles.